The Bertz CT molecular complexity index is 684. The Morgan fingerprint density at radius 2 is 1.83 bits per heavy atom. The minimum Gasteiger partial charge on any atom is -0.326 e. The normalized spacial score (nSPS) is 10.8. The van der Waals surface area contributed by atoms with E-state index in [1.165, 1.54) is 5.56 Å². The van der Waals surface area contributed by atoms with E-state index in [1.807, 2.05) is 37.4 Å². The van der Waals surface area contributed by atoms with Crippen molar-refractivity contribution in [3.05, 3.63) is 54.1 Å². The Morgan fingerprint density at radius 1 is 1.06 bits per heavy atom. The average Bonchev–Trinajstić information content (AvgIpc) is 2.67. The summed E-state index contributed by atoms with van der Waals surface area (Å²) in [4.78, 5) is 4.62. The maximum absolute atomic E-state index is 4.62. The molecule has 90 valence electrons. The van der Waals surface area contributed by atoms with Gasteiger partial charge in [0.15, 0.2) is 0 Å². The molecule has 0 spiro atoms. The molecular weight excluding hydrogens is 222 g/mol. The Morgan fingerprint density at radius 3 is 2.61 bits per heavy atom. The molecule has 3 nitrogen and oxygen atoms in total. The highest BCUT2D eigenvalue weighted by Crippen LogP contribution is 2.22. The number of aromatic nitrogens is 2. The smallest absolute Gasteiger partial charge is 0.208 e. The summed E-state index contributed by atoms with van der Waals surface area (Å²) in [5, 5.41) is 3.33. The summed E-state index contributed by atoms with van der Waals surface area (Å²) in [6, 6.07) is 16.4. The van der Waals surface area contributed by atoms with E-state index < -0.39 is 0 Å². The third-order valence-corrected chi connectivity index (χ3v) is 3.07. The number of para-hydroxylation sites is 1. The highest BCUT2D eigenvalue weighted by molar-refractivity contribution is 5.80. The lowest BCUT2D eigenvalue weighted by Gasteiger charge is -2.05. The van der Waals surface area contributed by atoms with Crippen molar-refractivity contribution < 1.29 is 0 Å². The molecule has 0 atom stereocenters. The van der Waals surface area contributed by atoms with Crippen LogP contribution in [-0.2, 0) is 7.05 Å². The summed E-state index contributed by atoms with van der Waals surface area (Å²) in [5.74, 6) is 0.863. The molecule has 0 aliphatic rings. The molecule has 0 fully saturated rings. The molecule has 3 aromatic rings. The highest BCUT2D eigenvalue weighted by atomic mass is 15.2. The second-order valence-electron chi connectivity index (χ2n) is 4.48. The van der Waals surface area contributed by atoms with Crippen molar-refractivity contribution in [2.24, 2.45) is 7.05 Å². The number of nitrogens with one attached hydrogen (secondary N) is 1. The first-order valence-corrected chi connectivity index (χ1v) is 5.99. The van der Waals surface area contributed by atoms with Crippen LogP contribution < -0.4 is 5.32 Å². The van der Waals surface area contributed by atoms with Gasteiger partial charge in [0.25, 0.3) is 0 Å². The molecule has 0 unspecified atom stereocenters. The molecule has 18 heavy (non-hydrogen) atoms. The van der Waals surface area contributed by atoms with Gasteiger partial charge in [0.05, 0.1) is 11.0 Å². The second kappa shape index (κ2) is 4.18. The van der Waals surface area contributed by atoms with Gasteiger partial charge >= 0.3 is 0 Å². The number of nitrogens with zero attached hydrogens (tertiary/aromatic N) is 2. The molecule has 0 radical (unpaired) electrons. The monoisotopic (exact) mass is 237 g/mol. The number of hydrogen-bond donors (Lipinski definition) is 1. The number of hydrogen-bond acceptors (Lipinski definition) is 2. The first kappa shape index (κ1) is 10.8. The quantitative estimate of drug-likeness (QED) is 0.737. The molecule has 2 aromatic carbocycles. The third-order valence-electron chi connectivity index (χ3n) is 3.07. The number of anilines is 2. The van der Waals surface area contributed by atoms with Crippen LogP contribution in [0, 0.1) is 6.92 Å². The van der Waals surface area contributed by atoms with Crippen LogP contribution in [0.5, 0.6) is 0 Å². The zero-order valence-electron chi connectivity index (χ0n) is 10.5. The standard InChI is InChI=1S/C15H15N3/c1-11-8-9-14-13(10-11)17-15(18(14)2)16-12-6-4-3-5-7-12/h3-10H,1-2H3,(H,16,17). The molecule has 0 amide bonds. The number of fused-ring (bicyclic) bond motifs is 1. The van der Waals surface area contributed by atoms with Gasteiger partial charge in [0.2, 0.25) is 5.95 Å². The fourth-order valence-electron chi connectivity index (χ4n) is 2.07. The van der Waals surface area contributed by atoms with Crippen molar-refractivity contribution in [2.75, 3.05) is 5.32 Å². The Labute approximate surface area is 106 Å². The van der Waals surface area contributed by atoms with Crippen LogP contribution in [0.2, 0.25) is 0 Å². The second-order valence-corrected chi connectivity index (χ2v) is 4.48. The summed E-state index contributed by atoms with van der Waals surface area (Å²) < 4.78 is 2.07. The molecule has 1 N–H and O–H groups in total. The SMILES string of the molecule is Cc1ccc2c(c1)nc(Nc1ccccc1)n2C. The zero-order chi connectivity index (χ0) is 12.5. The van der Waals surface area contributed by atoms with Crippen molar-refractivity contribution in [3.63, 3.8) is 0 Å². The number of aryl methyl sites for hydroxylation is 2. The first-order chi connectivity index (χ1) is 8.74. The van der Waals surface area contributed by atoms with Crippen LogP contribution in [0.3, 0.4) is 0 Å². The number of benzene rings is 2. The van der Waals surface area contributed by atoms with Gasteiger partial charge in [-0.25, -0.2) is 4.98 Å². The van der Waals surface area contributed by atoms with Crippen LogP contribution in [0.25, 0.3) is 11.0 Å². The van der Waals surface area contributed by atoms with Crippen LogP contribution in [0.4, 0.5) is 11.6 Å². The van der Waals surface area contributed by atoms with Crippen molar-refractivity contribution in [2.45, 2.75) is 6.92 Å². The van der Waals surface area contributed by atoms with Gasteiger partial charge in [-0.05, 0) is 36.8 Å². The minimum atomic E-state index is 0.863. The number of rotatable bonds is 2. The van der Waals surface area contributed by atoms with E-state index in [1.54, 1.807) is 0 Å². The summed E-state index contributed by atoms with van der Waals surface area (Å²) in [6.07, 6.45) is 0. The Kier molecular flexibility index (Phi) is 2.52. The third kappa shape index (κ3) is 1.84. The average molecular weight is 237 g/mol. The molecule has 0 saturated carbocycles. The molecule has 0 saturated heterocycles. The molecule has 0 aliphatic carbocycles. The molecule has 3 heteroatoms. The van der Waals surface area contributed by atoms with Gasteiger partial charge in [0.1, 0.15) is 0 Å². The lowest BCUT2D eigenvalue weighted by atomic mass is 10.2. The zero-order valence-corrected chi connectivity index (χ0v) is 10.5. The minimum absolute atomic E-state index is 0.863. The lowest BCUT2D eigenvalue weighted by Crippen LogP contribution is -1.98. The van der Waals surface area contributed by atoms with E-state index >= 15 is 0 Å². The molecule has 1 heterocycles. The van der Waals surface area contributed by atoms with E-state index in [-0.39, 0.29) is 0 Å². The first-order valence-electron chi connectivity index (χ1n) is 5.99. The lowest BCUT2D eigenvalue weighted by molar-refractivity contribution is 0.958. The van der Waals surface area contributed by atoms with E-state index in [0.717, 1.165) is 22.7 Å². The Balaban J connectivity index is 2.05. The predicted octanol–water partition coefficient (Wildman–Crippen LogP) is 3.63. The van der Waals surface area contributed by atoms with Crippen LogP contribution in [-0.4, -0.2) is 9.55 Å². The van der Waals surface area contributed by atoms with E-state index in [4.69, 9.17) is 0 Å². The van der Waals surface area contributed by atoms with E-state index in [9.17, 15) is 0 Å². The predicted molar refractivity (Wildman–Crippen MR) is 75.2 cm³/mol. The fourth-order valence-corrected chi connectivity index (χ4v) is 2.07. The van der Waals surface area contributed by atoms with Gasteiger partial charge < -0.3 is 9.88 Å². The van der Waals surface area contributed by atoms with E-state index in [2.05, 4.69) is 40.0 Å². The molecular formula is C15H15N3. The maximum Gasteiger partial charge on any atom is 0.208 e. The largest absolute Gasteiger partial charge is 0.326 e. The molecule has 3 rings (SSSR count). The van der Waals surface area contributed by atoms with Gasteiger partial charge in [0, 0.05) is 12.7 Å². The topological polar surface area (TPSA) is 29.9 Å². The maximum atomic E-state index is 4.62. The fraction of sp³-hybridized carbons (Fsp3) is 0.133. The van der Waals surface area contributed by atoms with Crippen molar-refractivity contribution in [3.8, 4) is 0 Å². The van der Waals surface area contributed by atoms with Crippen molar-refractivity contribution in [1.29, 1.82) is 0 Å². The van der Waals surface area contributed by atoms with Crippen molar-refractivity contribution in [1.82, 2.24) is 9.55 Å². The summed E-state index contributed by atoms with van der Waals surface area (Å²) in [6.45, 7) is 2.08. The summed E-state index contributed by atoms with van der Waals surface area (Å²) in [7, 11) is 2.02. The Hall–Kier alpha value is -2.29. The van der Waals surface area contributed by atoms with Gasteiger partial charge in [-0.1, -0.05) is 24.3 Å². The number of imidazole rings is 1. The molecule has 1 aromatic heterocycles. The van der Waals surface area contributed by atoms with Gasteiger partial charge in [-0.15, -0.1) is 0 Å². The highest BCUT2D eigenvalue weighted by Gasteiger charge is 2.07. The van der Waals surface area contributed by atoms with Gasteiger partial charge in [-0.3, -0.25) is 0 Å². The molecule has 0 bridgehead atoms. The van der Waals surface area contributed by atoms with E-state index in [0.29, 0.717) is 0 Å². The van der Waals surface area contributed by atoms with Crippen molar-refractivity contribution >= 4 is 22.7 Å². The van der Waals surface area contributed by atoms with Gasteiger partial charge in [-0.2, -0.15) is 0 Å². The van der Waals surface area contributed by atoms with Crippen LogP contribution >= 0.6 is 0 Å². The van der Waals surface area contributed by atoms with Crippen LogP contribution in [0.1, 0.15) is 5.56 Å². The molecule has 0 aliphatic heterocycles. The van der Waals surface area contributed by atoms with Crippen LogP contribution in [0.15, 0.2) is 48.5 Å². The summed E-state index contributed by atoms with van der Waals surface area (Å²) in [5.41, 5.74) is 4.44. The summed E-state index contributed by atoms with van der Waals surface area (Å²) >= 11 is 0.